The van der Waals surface area contributed by atoms with Gasteiger partial charge in [-0.15, -0.1) is 0 Å². The predicted molar refractivity (Wildman–Crippen MR) is 101 cm³/mol. The molecule has 0 bridgehead atoms. The Balaban J connectivity index is 0.000000366. The van der Waals surface area contributed by atoms with Crippen molar-refractivity contribution in [3.05, 3.63) is 50.0 Å². The average Bonchev–Trinajstić information content (AvgIpc) is 2.45. The third-order valence-electron chi connectivity index (χ3n) is 3.03. The van der Waals surface area contributed by atoms with Gasteiger partial charge in [0.25, 0.3) is 0 Å². The Labute approximate surface area is 144 Å². The minimum absolute atomic E-state index is 0.571. The van der Waals surface area contributed by atoms with E-state index in [0.29, 0.717) is 10.6 Å². The van der Waals surface area contributed by atoms with E-state index in [4.69, 9.17) is 24.4 Å². The maximum Gasteiger partial charge on any atom is 0.119 e. The summed E-state index contributed by atoms with van der Waals surface area (Å²) in [5, 5.41) is 6.65. The predicted octanol–water partition coefficient (Wildman–Crippen LogP) is 5.96. The molecule has 0 saturated carbocycles. The van der Waals surface area contributed by atoms with Crippen LogP contribution in [0.2, 0.25) is 0 Å². The van der Waals surface area contributed by atoms with Gasteiger partial charge in [-0.3, -0.25) is 5.10 Å². The lowest BCUT2D eigenvalue weighted by Crippen LogP contribution is -1.94. The van der Waals surface area contributed by atoms with E-state index in [1.54, 1.807) is 0 Å². The SMILES string of the molecule is CC.Cc1[nH]c(=S)ccc1C(C)C.Cc1cc(=S)[nH]nc1C. The smallest absolute Gasteiger partial charge is 0.119 e. The number of nitrogens with zero attached hydrogens (tertiary/aromatic N) is 1. The van der Waals surface area contributed by atoms with E-state index in [-0.39, 0.29) is 0 Å². The normalized spacial score (nSPS) is 9.45. The van der Waals surface area contributed by atoms with Crippen molar-refractivity contribution in [1.29, 1.82) is 0 Å². The quantitative estimate of drug-likeness (QED) is 0.631. The van der Waals surface area contributed by atoms with Crippen LogP contribution in [0.5, 0.6) is 0 Å². The van der Waals surface area contributed by atoms with Crippen molar-refractivity contribution >= 4 is 24.4 Å². The van der Waals surface area contributed by atoms with Gasteiger partial charge in [0, 0.05) is 5.69 Å². The lowest BCUT2D eigenvalue weighted by Gasteiger charge is -2.07. The van der Waals surface area contributed by atoms with Crippen LogP contribution < -0.4 is 0 Å². The third kappa shape index (κ3) is 7.09. The number of H-pyrrole nitrogens is 2. The van der Waals surface area contributed by atoms with Crippen molar-refractivity contribution < 1.29 is 0 Å². The van der Waals surface area contributed by atoms with Gasteiger partial charge in [-0.2, -0.15) is 5.10 Å². The zero-order chi connectivity index (χ0) is 17.3. The number of pyridine rings is 1. The second-order valence-electron chi connectivity index (χ2n) is 5.06. The van der Waals surface area contributed by atoms with Crippen molar-refractivity contribution in [2.45, 2.75) is 54.4 Å². The molecule has 5 heteroatoms. The van der Waals surface area contributed by atoms with Gasteiger partial charge in [-0.25, -0.2) is 0 Å². The van der Waals surface area contributed by atoms with Gasteiger partial charge in [0.05, 0.1) is 5.69 Å². The Kier molecular flexibility index (Phi) is 9.78. The van der Waals surface area contributed by atoms with E-state index in [9.17, 15) is 0 Å². The Morgan fingerprint density at radius 2 is 1.59 bits per heavy atom. The van der Waals surface area contributed by atoms with Crippen molar-refractivity contribution in [2.24, 2.45) is 0 Å². The Morgan fingerprint density at radius 1 is 1.00 bits per heavy atom. The van der Waals surface area contributed by atoms with Gasteiger partial charge >= 0.3 is 0 Å². The maximum absolute atomic E-state index is 4.99. The molecule has 2 aromatic heterocycles. The molecule has 2 N–H and O–H groups in total. The van der Waals surface area contributed by atoms with Gasteiger partial charge in [-0.1, -0.05) is 58.2 Å². The highest BCUT2D eigenvalue weighted by atomic mass is 32.1. The summed E-state index contributed by atoms with van der Waals surface area (Å²) in [6.07, 6.45) is 0. The Morgan fingerprint density at radius 3 is 2.00 bits per heavy atom. The largest absolute Gasteiger partial charge is 0.350 e. The fraction of sp³-hybridized carbons (Fsp3) is 0.471. The molecule has 2 aromatic rings. The molecule has 122 valence electrons. The van der Waals surface area contributed by atoms with Crippen LogP contribution in [0.3, 0.4) is 0 Å². The standard InChI is InChI=1S/C9H13NS.C6H8N2S.C2H6/c1-6(2)8-4-5-9(11)10-7(8)3;1-4-3-6(9)8-7-5(4)2;1-2/h4-6H,1-3H3,(H,10,11);3H,1-2H3,(H,8,9);1-2H3. The molecule has 3 nitrogen and oxygen atoms in total. The number of rotatable bonds is 1. The molecule has 0 unspecified atom stereocenters. The Bertz CT molecular complexity index is 685. The van der Waals surface area contributed by atoms with E-state index in [1.165, 1.54) is 11.3 Å². The first-order valence-electron chi connectivity index (χ1n) is 7.54. The molecule has 2 heterocycles. The number of hydrogen-bond donors (Lipinski definition) is 2. The van der Waals surface area contributed by atoms with E-state index in [1.807, 2.05) is 39.8 Å². The maximum atomic E-state index is 4.99. The molecular formula is C17H27N3S2. The summed E-state index contributed by atoms with van der Waals surface area (Å²) in [6.45, 7) is 14.4. The van der Waals surface area contributed by atoms with Crippen molar-refractivity contribution in [3.63, 3.8) is 0 Å². The molecule has 0 amide bonds. The lowest BCUT2D eigenvalue weighted by atomic mass is 10.0. The third-order valence-corrected chi connectivity index (χ3v) is 3.48. The van der Waals surface area contributed by atoms with Crippen LogP contribution in [-0.4, -0.2) is 15.2 Å². The van der Waals surface area contributed by atoms with Gasteiger partial charge in [-0.05, 0) is 49.9 Å². The monoisotopic (exact) mass is 337 g/mol. The molecule has 22 heavy (non-hydrogen) atoms. The second kappa shape index (κ2) is 10.4. The minimum atomic E-state index is 0.571. The summed E-state index contributed by atoms with van der Waals surface area (Å²) in [5.41, 5.74) is 4.67. The number of aryl methyl sites for hydroxylation is 3. The van der Waals surface area contributed by atoms with Crippen molar-refractivity contribution in [1.82, 2.24) is 15.2 Å². The molecule has 0 aromatic carbocycles. The number of nitrogens with one attached hydrogen (secondary N) is 2. The lowest BCUT2D eigenvalue weighted by molar-refractivity contribution is 0.841. The van der Waals surface area contributed by atoms with Crippen molar-refractivity contribution in [3.8, 4) is 0 Å². The van der Waals surface area contributed by atoms with E-state index in [0.717, 1.165) is 15.9 Å². The molecule has 0 atom stereocenters. The van der Waals surface area contributed by atoms with E-state index < -0.39 is 0 Å². The zero-order valence-corrected chi connectivity index (χ0v) is 16.2. The average molecular weight is 338 g/mol. The number of aromatic amines is 2. The van der Waals surface area contributed by atoms with Gasteiger partial charge in [0.1, 0.15) is 9.28 Å². The summed E-state index contributed by atoms with van der Waals surface area (Å²) in [7, 11) is 0. The highest BCUT2D eigenvalue weighted by molar-refractivity contribution is 7.71. The summed E-state index contributed by atoms with van der Waals surface area (Å²) >= 11 is 9.83. The molecule has 0 saturated heterocycles. The summed E-state index contributed by atoms with van der Waals surface area (Å²) in [6, 6.07) is 5.94. The first kappa shape index (κ1) is 20.7. The van der Waals surface area contributed by atoms with E-state index in [2.05, 4.69) is 42.0 Å². The molecular weight excluding hydrogens is 310 g/mol. The van der Waals surface area contributed by atoms with Crippen LogP contribution in [-0.2, 0) is 0 Å². The van der Waals surface area contributed by atoms with E-state index >= 15 is 0 Å². The Hall–Kier alpha value is -1.33. The summed E-state index contributed by atoms with van der Waals surface area (Å²) in [4.78, 5) is 3.13. The fourth-order valence-corrected chi connectivity index (χ4v) is 2.22. The molecule has 0 spiro atoms. The van der Waals surface area contributed by atoms with Crippen LogP contribution in [0, 0.1) is 30.1 Å². The van der Waals surface area contributed by atoms with Gasteiger partial charge < -0.3 is 4.98 Å². The first-order valence-corrected chi connectivity index (χ1v) is 8.35. The van der Waals surface area contributed by atoms with Crippen molar-refractivity contribution in [2.75, 3.05) is 0 Å². The number of hydrogen-bond acceptors (Lipinski definition) is 3. The van der Waals surface area contributed by atoms with Crippen LogP contribution in [0.25, 0.3) is 0 Å². The molecule has 0 aliphatic heterocycles. The highest BCUT2D eigenvalue weighted by Crippen LogP contribution is 2.16. The fourth-order valence-electron chi connectivity index (χ4n) is 1.78. The topological polar surface area (TPSA) is 44.5 Å². The zero-order valence-electron chi connectivity index (χ0n) is 14.6. The molecule has 2 rings (SSSR count). The minimum Gasteiger partial charge on any atom is -0.350 e. The summed E-state index contributed by atoms with van der Waals surface area (Å²) < 4.78 is 1.50. The second-order valence-corrected chi connectivity index (χ2v) is 5.94. The highest BCUT2D eigenvalue weighted by Gasteiger charge is 2.01. The molecule has 0 radical (unpaired) electrons. The van der Waals surface area contributed by atoms with Crippen LogP contribution in [0.1, 0.15) is 56.1 Å². The first-order chi connectivity index (χ1) is 10.3. The number of aromatic nitrogens is 3. The van der Waals surface area contributed by atoms with Crippen LogP contribution >= 0.6 is 24.4 Å². The van der Waals surface area contributed by atoms with Crippen LogP contribution in [0.4, 0.5) is 0 Å². The van der Waals surface area contributed by atoms with Crippen LogP contribution in [0.15, 0.2) is 18.2 Å². The summed E-state index contributed by atoms with van der Waals surface area (Å²) in [5.74, 6) is 0.571. The molecule has 0 fully saturated rings. The van der Waals surface area contributed by atoms with Gasteiger partial charge in [0.2, 0.25) is 0 Å². The molecule has 0 aliphatic rings. The molecule has 0 aliphatic carbocycles. The van der Waals surface area contributed by atoms with Gasteiger partial charge in [0.15, 0.2) is 0 Å².